The predicted molar refractivity (Wildman–Crippen MR) is 109 cm³/mol. The van der Waals surface area contributed by atoms with Crippen molar-refractivity contribution < 1.29 is 8.19 Å². The molecule has 5 heteroatoms. The van der Waals surface area contributed by atoms with Crippen LogP contribution in [-0.2, 0) is 3.30 Å². The third-order valence-corrected chi connectivity index (χ3v) is 21.4. The molecule has 0 amide bonds. The molecule has 0 radical (unpaired) electrons. The quantitative estimate of drug-likeness (QED) is 0.240. The first-order chi connectivity index (χ1) is 7.80. The fourth-order valence-electron chi connectivity index (χ4n) is 1.35. The van der Waals surface area contributed by atoms with E-state index in [0.717, 1.165) is 18.7 Å². The van der Waals surface area contributed by atoms with E-state index in [1.165, 1.54) is 0 Å². The molecular formula is C14H31I2IrOP. The van der Waals surface area contributed by atoms with Crippen molar-refractivity contribution in [2.24, 2.45) is 0 Å². The van der Waals surface area contributed by atoms with Gasteiger partial charge in [0.05, 0.1) is 0 Å². The minimum atomic E-state index is -3.78. The fourth-order valence-corrected chi connectivity index (χ4v) is 11.8. The van der Waals surface area contributed by atoms with Crippen molar-refractivity contribution in [2.75, 3.05) is 12.3 Å². The number of allylic oxidation sites excluding steroid dienone is 4. The third kappa shape index (κ3) is 8.87. The van der Waals surface area contributed by atoms with Gasteiger partial charge >= 0.3 is 98.4 Å². The molecule has 121 valence electrons. The van der Waals surface area contributed by atoms with E-state index < -0.39 is 11.4 Å². The van der Waals surface area contributed by atoms with E-state index in [0.29, 0.717) is 0 Å². The van der Waals surface area contributed by atoms with Crippen LogP contribution in [0.4, 0.5) is 0 Å². The monoisotopic (exact) mass is 693 g/mol. The van der Waals surface area contributed by atoms with E-state index >= 15 is 0 Å². The van der Waals surface area contributed by atoms with Gasteiger partial charge in [-0.2, -0.15) is 0 Å². The normalized spacial score (nSPS) is 23.4. The van der Waals surface area contributed by atoms with E-state index in [1.807, 2.05) is 13.8 Å². The van der Waals surface area contributed by atoms with Gasteiger partial charge in [0.25, 0.3) is 0 Å². The molecule has 0 fully saturated rings. The number of rotatable bonds is 3. The van der Waals surface area contributed by atoms with Crippen molar-refractivity contribution in [1.29, 1.82) is 0 Å². The van der Waals surface area contributed by atoms with E-state index in [1.54, 1.807) is 4.09 Å². The standard InChI is InChI=1S/C5H5.C4H11OP.5CH3.2HI.Ir/c1-2-4-5-3-1;1-3-6(5)4-2;;;;;;;;/h1-3H,4H2;5H,3-4H2,1-2H3;5*1H3;2*1H;/q;;;;;;;;;+2/p-2. The van der Waals surface area contributed by atoms with Crippen molar-refractivity contribution in [3.63, 3.8) is 0 Å². The third-order valence-electron chi connectivity index (χ3n) is 2.67. The first-order valence-corrected chi connectivity index (χ1v) is 34.5. The molecular weight excluding hydrogens is 661 g/mol. The Bertz CT molecular complexity index is 422. The SMILES string of the molecule is CCP(O)CC.[CH3][Ir]([CH3])([CH3])([CH3])([CH3])([I])([I])[C]1=CC=CC1. The number of hydrogen-bond acceptors (Lipinski definition) is 1. The van der Waals surface area contributed by atoms with Crippen molar-refractivity contribution in [3.8, 4) is 0 Å². The van der Waals surface area contributed by atoms with Crippen LogP contribution in [0.5, 0.6) is 0 Å². The summed E-state index contributed by atoms with van der Waals surface area (Å²) < 4.78 is -2.16. The second kappa shape index (κ2) is 4.08. The van der Waals surface area contributed by atoms with Gasteiger partial charge in [0.2, 0.25) is 0 Å². The summed E-state index contributed by atoms with van der Waals surface area (Å²) in [5, 5.41) is 0. The Balaban J connectivity index is 0.000000459. The summed E-state index contributed by atoms with van der Waals surface area (Å²) in [5.41, 5.74) is 12.4. The number of halogens is 2. The van der Waals surface area contributed by atoms with Gasteiger partial charge in [0.1, 0.15) is 0 Å². The zero-order valence-electron chi connectivity index (χ0n) is 13.3. The molecule has 0 spiro atoms. The molecule has 0 aromatic rings. The summed E-state index contributed by atoms with van der Waals surface area (Å²) in [6.45, 7) is 4.02. The Labute approximate surface area is 136 Å². The van der Waals surface area contributed by atoms with Crippen LogP contribution in [0.1, 0.15) is 20.3 Å². The van der Waals surface area contributed by atoms with Crippen LogP contribution >= 0.6 is 47.3 Å². The van der Waals surface area contributed by atoms with E-state index in [4.69, 9.17) is 4.89 Å². The second-order valence-corrected chi connectivity index (χ2v) is 134. The van der Waals surface area contributed by atoms with Gasteiger partial charge < -0.3 is 4.89 Å². The molecule has 0 heterocycles. The van der Waals surface area contributed by atoms with Gasteiger partial charge in [-0.15, -0.1) is 0 Å². The van der Waals surface area contributed by atoms with Crippen LogP contribution in [0, 0.1) is 0 Å². The van der Waals surface area contributed by atoms with Crippen LogP contribution in [0.25, 0.3) is 0 Å². The molecule has 0 unspecified atom stereocenters. The van der Waals surface area contributed by atoms with Crippen LogP contribution in [-0.4, -0.2) is 17.2 Å². The Morgan fingerprint density at radius 2 is 1.53 bits per heavy atom. The van der Waals surface area contributed by atoms with Crippen LogP contribution in [0.2, 0.25) is 27.2 Å². The molecule has 19 heavy (non-hydrogen) atoms. The fraction of sp³-hybridized carbons (Fsp3) is 0.714. The van der Waals surface area contributed by atoms with Gasteiger partial charge in [-0.1, -0.05) is 13.8 Å². The van der Waals surface area contributed by atoms with Gasteiger partial charge in [0.15, 0.2) is 0 Å². The molecule has 0 saturated heterocycles. The van der Waals surface area contributed by atoms with Crippen molar-refractivity contribution in [3.05, 3.63) is 22.3 Å². The Morgan fingerprint density at radius 1 is 1.11 bits per heavy atom. The molecule has 0 bridgehead atoms. The summed E-state index contributed by atoms with van der Waals surface area (Å²) >= 11 is 5.52. The molecule has 0 saturated carbocycles. The van der Waals surface area contributed by atoms with Gasteiger partial charge in [-0.05, 0) is 12.3 Å². The average molecular weight is 692 g/mol. The van der Waals surface area contributed by atoms with Gasteiger partial charge in [-0.25, -0.2) is 0 Å². The zero-order chi connectivity index (χ0) is 15.8. The average Bonchev–Trinajstić information content (AvgIpc) is 2.66. The van der Waals surface area contributed by atoms with Gasteiger partial charge in [-0.3, -0.25) is 0 Å². The first-order valence-electron chi connectivity index (χ1n) is 6.05. The second-order valence-electron chi connectivity index (χ2n) is 7.96. The molecule has 0 aromatic heterocycles. The summed E-state index contributed by atoms with van der Waals surface area (Å²) in [6, 6.07) is 0. The van der Waals surface area contributed by atoms with E-state index in [-0.39, 0.29) is 0 Å². The topological polar surface area (TPSA) is 20.2 Å². The predicted octanol–water partition coefficient (Wildman–Crippen LogP) is 7.48. The molecule has 1 aliphatic rings. The summed E-state index contributed by atoms with van der Waals surface area (Å²) in [5.74, 6) is 0. The summed E-state index contributed by atoms with van der Waals surface area (Å²) in [7, 11) is -0.576. The molecule has 1 N–H and O–H groups in total. The van der Waals surface area contributed by atoms with Crippen LogP contribution < -0.4 is 0 Å². The maximum absolute atomic E-state index is 8.73. The first kappa shape index (κ1) is 21.0. The van der Waals surface area contributed by atoms with E-state index in [2.05, 4.69) is 84.6 Å². The summed E-state index contributed by atoms with van der Waals surface area (Å²) in [4.78, 5) is 8.73. The Hall–Kier alpha value is 1.98. The van der Waals surface area contributed by atoms with Crippen molar-refractivity contribution >= 4 is 47.3 Å². The minimum absolute atomic E-state index is 0.576. The Kier molecular flexibility index (Phi) is 4.51. The molecule has 0 atom stereocenters. The molecule has 0 aromatic carbocycles. The Morgan fingerprint density at radius 3 is 1.63 bits per heavy atom. The maximum atomic E-state index is 8.73. The van der Waals surface area contributed by atoms with Crippen molar-refractivity contribution in [1.82, 2.24) is 0 Å². The van der Waals surface area contributed by atoms with Crippen LogP contribution in [0.3, 0.4) is 0 Å². The van der Waals surface area contributed by atoms with Crippen molar-refractivity contribution in [2.45, 2.75) is 47.5 Å². The van der Waals surface area contributed by atoms with E-state index in [9.17, 15) is 0 Å². The molecule has 1 nitrogen and oxygen atoms in total. The molecule has 0 aliphatic heterocycles. The summed E-state index contributed by atoms with van der Waals surface area (Å²) in [6.07, 6.45) is 9.80. The molecule has 1 aliphatic carbocycles. The molecule has 1 rings (SSSR count). The number of hydrogen-bond donors (Lipinski definition) is 1. The van der Waals surface area contributed by atoms with Crippen LogP contribution in [0.15, 0.2) is 22.3 Å². The van der Waals surface area contributed by atoms with Gasteiger partial charge in [0, 0.05) is 8.15 Å². The zero-order valence-corrected chi connectivity index (χ0v) is 20.9.